The molecule has 27 heavy (non-hydrogen) atoms. The highest BCUT2D eigenvalue weighted by molar-refractivity contribution is 8.26. The highest BCUT2D eigenvalue weighted by Crippen LogP contribution is 2.32. The summed E-state index contributed by atoms with van der Waals surface area (Å²) in [7, 11) is 0. The van der Waals surface area contributed by atoms with Gasteiger partial charge in [0.2, 0.25) is 5.91 Å². The summed E-state index contributed by atoms with van der Waals surface area (Å²) in [6, 6.07) is 7.98. The van der Waals surface area contributed by atoms with Crippen LogP contribution in [0.25, 0.3) is 6.08 Å². The molecule has 0 atom stereocenters. The molecule has 0 saturated carbocycles. The van der Waals surface area contributed by atoms with Gasteiger partial charge in [0, 0.05) is 18.3 Å². The Morgan fingerprint density at radius 1 is 1.30 bits per heavy atom. The molecule has 1 aliphatic heterocycles. The lowest BCUT2D eigenvalue weighted by molar-refractivity contribution is -0.122. The second-order valence-electron chi connectivity index (χ2n) is 6.19. The van der Waals surface area contributed by atoms with E-state index < -0.39 is 0 Å². The maximum atomic E-state index is 12.6. The van der Waals surface area contributed by atoms with Gasteiger partial charge >= 0.3 is 0 Å². The van der Waals surface area contributed by atoms with Crippen LogP contribution in [0, 0.1) is 13.8 Å². The molecule has 1 aromatic carbocycles. The van der Waals surface area contributed by atoms with Crippen molar-refractivity contribution >= 4 is 62.7 Å². The second-order valence-corrected chi connectivity index (χ2v) is 8.72. The maximum absolute atomic E-state index is 12.6. The van der Waals surface area contributed by atoms with Gasteiger partial charge in [0.1, 0.15) is 4.32 Å². The van der Waals surface area contributed by atoms with Crippen molar-refractivity contribution in [2.24, 2.45) is 0 Å². The number of aromatic nitrogens is 1. The number of nitrogens with one attached hydrogen (secondary N) is 1. The fourth-order valence-corrected chi connectivity index (χ4v) is 4.51. The summed E-state index contributed by atoms with van der Waals surface area (Å²) >= 11 is 8.04. The molecule has 1 fully saturated rings. The molecule has 2 amide bonds. The average Bonchev–Trinajstić information content (AvgIpc) is 3.14. The second kappa shape index (κ2) is 8.77. The Labute approximate surface area is 171 Å². The molecular formula is C19H19N3O2S3. The highest BCUT2D eigenvalue weighted by atomic mass is 32.2. The Balaban J connectivity index is 1.53. The summed E-state index contributed by atoms with van der Waals surface area (Å²) in [4.78, 5) is 31.0. The van der Waals surface area contributed by atoms with Crippen LogP contribution in [0.1, 0.15) is 29.7 Å². The van der Waals surface area contributed by atoms with Crippen molar-refractivity contribution in [3.05, 3.63) is 51.4 Å². The van der Waals surface area contributed by atoms with E-state index in [4.69, 9.17) is 12.2 Å². The highest BCUT2D eigenvalue weighted by Gasteiger charge is 2.31. The molecule has 8 heteroatoms. The number of anilines is 1. The maximum Gasteiger partial charge on any atom is 0.266 e. The van der Waals surface area contributed by atoms with E-state index in [1.807, 2.05) is 49.6 Å². The van der Waals surface area contributed by atoms with E-state index in [1.165, 1.54) is 28.7 Å². The van der Waals surface area contributed by atoms with Crippen LogP contribution in [0.3, 0.4) is 0 Å². The van der Waals surface area contributed by atoms with E-state index in [2.05, 4.69) is 10.3 Å². The standard InChI is InChI=1S/C19H19N3O2S3/c1-12-5-7-14(8-6-12)10-15-17(24)22(19(25)27-15)9-3-4-16(23)21-18-20-13(2)11-26-18/h5-8,10-11H,3-4,9H2,1-2H3,(H,20,21,23). The first-order valence-electron chi connectivity index (χ1n) is 8.46. The first kappa shape index (κ1) is 19.7. The molecule has 0 radical (unpaired) electrons. The number of thiocarbonyl (C=S) groups is 1. The number of carbonyl (C=O) groups excluding carboxylic acids is 2. The first-order chi connectivity index (χ1) is 12.9. The van der Waals surface area contributed by atoms with Gasteiger partial charge in [0.05, 0.1) is 10.6 Å². The number of nitrogens with zero attached hydrogens (tertiary/aromatic N) is 2. The minimum Gasteiger partial charge on any atom is -0.302 e. The van der Waals surface area contributed by atoms with Gasteiger partial charge in [-0.05, 0) is 31.9 Å². The number of amides is 2. The molecule has 1 aromatic heterocycles. The SMILES string of the molecule is Cc1ccc(C=C2SC(=S)N(CCCC(=O)Nc3nc(C)cs3)C2=O)cc1. The van der Waals surface area contributed by atoms with Crippen molar-refractivity contribution in [1.29, 1.82) is 0 Å². The Bertz CT molecular complexity index is 903. The molecule has 140 valence electrons. The first-order valence-corrected chi connectivity index (χ1v) is 10.6. The number of aryl methyl sites for hydroxylation is 2. The molecule has 0 aliphatic carbocycles. The third-order valence-corrected chi connectivity index (χ3v) is 6.15. The lowest BCUT2D eigenvalue weighted by Gasteiger charge is -2.13. The van der Waals surface area contributed by atoms with Gasteiger partial charge in [0.15, 0.2) is 5.13 Å². The molecule has 1 saturated heterocycles. The molecule has 2 aromatic rings. The van der Waals surface area contributed by atoms with Crippen molar-refractivity contribution in [2.45, 2.75) is 26.7 Å². The van der Waals surface area contributed by atoms with Crippen LogP contribution in [0.2, 0.25) is 0 Å². The van der Waals surface area contributed by atoms with Crippen molar-refractivity contribution in [3.8, 4) is 0 Å². The molecular weight excluding hydrogens is 398 g/mol. The Morgan fingerprint density at radius 3 is 2.70 bits per heavy atom. The van der Waals surface area contributed by atoms with Gasteiger partial charge in [-0.2, -0.15) is 0 Å². The smallest absolute Gasteiger partial charge is 0.266 e. The van der Waals surface area contributed by atoms with Gasteiger partial charge in [-0.3, -0.25) is 14.5 Å². The molecule has 1 aliphatic rings. The van der Waals surface area contributed by atoms with Crippen molar-refractivity contribution < 1.29 is 9.59 Å². The van der Waals surface area contributed by atoms with Crippen molar-refractivity contribution in [2.75, 3.05) is 11.9 Å². The number of thiazole rings is 1. The van der Waals surface area contributed by atoms with Gasteiger partial charge in [-0.15, -0.1) is 11.3 Å². The predicted molar refractivity (Wildman–Crippen MR) is 116 cm³/mol. The van der Waals surface area contributed by atoms with Crippen LogP contribution in [0.15, 0.2) is 34.6 Å². The third-order valence-electron chi connectivity index (χ3n) is 3.90. The van der Waals surface area contributed by atoms with Crippen LogP contribution in [0.4, 0.5) is 5.13 Å². The molecule has 5 nitrogen and oxygen atoms in total. The zero-order valence-electron chi connectivity index (χ0n) is 15.0. The molecule has 0 bridgehead atoms. The molecule has 1 N–H and O–H groups in total. The summed E-state index contributed by atoms with van der Waals surface area (Å²) < 4.78 is 0.536. The number of hydrogen-bond acceptors (Lipinski definition) is 6. The van der Waals surface area contributed by atoms with Crippen LogP contribution in [0.5, 0.6) is 0 Å². The van der Waals surface area contributed by atoms with Gasteiger partial charge in [0.25, 0.3) is 5.91 Å². The lowest BCUT2D eigenvalue weighted by Crippen LogP contribution is -2.29. The summed E-state index contributed by atoms with van der Waals surface area (Å²) in [5.41, 5.74) is 3.03. The van der Waals surface area contributed by atoms with E-state index in [0.29, 0.717) is 33.7 Å². The average molecular weight is 418 g/mol. The van der Waals surface area contributed by atoms with Gasteiger partial charge in [-0.25, -0.2) is 4.98 Å². The van der Waals surface area contributed by atoms with Crippen LogP contribution in [-0.4, -0.2) is 32.6 Å². The van der Waals surface area contributed by atoms with E-state index in [0.717, 1.165) is 11.3 Å². The van der Waals surface area contributed by atoms with Crippen LogP contribution >= 0.6 is 35.3 Å². The minimum absolute atomic E-state index is 0.0958. The molecule has 0 spiro atoms. The third kappa shape index (κ3) is 5.24. The van der Waals surface area contributed by atoms with E-state index in [1.54, 1.807) is 4.90 Å². The number of thioether (sulfide) groups is 1. The zero-order valence-corrected chi connectivity index (χ0v) is 17.5. The predicted octanol–water partition coefficient (Wildman–Crippen LogP) is 4.38. The largest absolute Gasteiger partial charge is 0.302 e. The van der Waals surface area contributed by atoms with E-state index in [-0.39, 0.29) is 11.8 Å². The van der Waals surface area contributed by atoms with E-state index >= 15 is 0 Å². The Hall–Kier alpha value is -2.03. The minimum atomic E-state index is -0.106. The summed E-state index contributed by atoms with van der Waals surface area (Å²) in [5.74, 6) is -0.202. The number of benzene rings is 1. The Morgan fingerprint density at radius 2 is 2.04 bits per heavy atom. The topological polar surface area (TPSA) is 62.3 Å². The fourth-order valence-electron chi connectivity index (χ4n) is 2.50. The van der Waals surface area contributed by atoms with Gasteiger partial charge in [-0.1, -0.05) is 53.8 Å². The monoisotopic (exact) mass is 417 g/mol. The Kier molecular flexibility index (Phi) is 6.41. The molecule has 2 heterocycles. The van der Waals surface area contributed by atoms with Crippen molar-refractivity contribution in [3.63, 3.8) is 0 Å². The normalized spacial score (nSPS) is 15.6. The lowest BCUT2D eigenvalue weighted by atomic mass is 10.1. The zero-order chi connectivity index (χ0) is 19.4. The molecule has 3 rings (SSSR count). The van der Waals surface area contributed by atoms with Crippen LogP contribution in [-0.2, 0) is 9.59 Å². The summed E-state index contributed by atoms with van der Waals surface area (Å²) in [5, 5.41) is 5.26. The van der Waals surface area contributed by atoms with Crippen molar-refractivity contribution in [1.82, 2.24) is 9.88 Å². The fraction of sp³-hybridized carbons (Fsp3) is 0.263. The molecule has 0 unspecified atom stereocenters. The number of rotatable bonds is 6. The van der Waals surface area contributed by atoms with Gasteiger partial charge < -0.3 is 5.32 Å². The van der Waals surface area contributed by atoms with E-state index in [9.17, 15) is 9.59 Å². The van der Waals surface area contributed by atoms with Crippen LogP contribution < -0.4 is 5.32 Å². The summed E-state index contributed by atoms with van der Waals surface area (Å²) in [6.07, 6.45) is 2.71. The summed E-state index contributed by atoms with van der Waals surface area (Å²) in [6.45, 7) is 4.33. The number of hydrogen-bond donors (Lipinski definition) is 1. The number of carbonyl (C=O) groups is 2. The quantitative estimate of drug-likeness (QED) is 0.558.